The molecule has 5 nitrogen and oxygen atoms in total. The second kappa shape index (κ2) is 4.65. The topological polar surface area (TPSA) is 66.5 Å². The summed E-state index contributed by atoms with van der Waals surface area (Å²) < 4.78 is 13.2. The number of H-pyrrole nitrogens is 1. The number of imidazole rings is 1. The maximum atomic E-state index is 13.2. The Bertz CT molecular complexity index is 508. The number of fused-ring (bicyclic) bond motifs is 1. The number of aromatic nitrogens is 4. The fourth-order valence-electron chi connectivity index (χ4n) is 1.82. The number of nitrogens with one attached hydrogen (secondary N) is 2. The third-order valence-electron chi connectivity index (χ3n) is 2.82. The summed E-state index contributed by atoms with van der Waals surface area (Å²) in [4.78, 5) is 14.3. The van der Waals surface area contributed by atoms with E-state index in [0.29, 0.717) is 22.9 Å². The van der Waals surface area contributed by atoms with Crippen molar-refractivity contribution in [3.63, 3.8) is 0 Å². The average Bonchev–Trinajstić information content (AvgIpc) is 2.72. The van der Waals surface area contributed by atoms with Crippen LogP contribution in [0, 0.1) is 12.0 Å². The fraction of sp³-hybridized carbons (Fsp3) is 0.545. The monoisotopic (exact) mass is 237 g/mol. The molecule has 0 bridgehead atoms. The fourth-order valence-corrected chi connectivity index (χ4v) is 1.82. The Labute approximate surface area is 98.9 Å². The highest BCUT2D eigenvalue weighted by Crippen LogP contribution is 2.19. The molecule has 0 saturated carbocycles. The summed E-state index contributed by atoms with van der Waals surface area (Å²) >= 11 is 0. The van der Waals surface area contributed by atoms with E-state index in [2.05, 4.69) is 46.0 Å². The Balaban J connectivity index is 2.37. The molecule has 2 aromatic heterocycles. The number of nitrogens with zero attached hydrogens (tertiary/aromatic N) is 3. The van der Waals surface area contributed by atoms with Crippen molar-refractivity contribution < 1.29 is 4.39 Å². The van der Waals surface area contributed by atoms with Crippen molar-refractivity contribution in [2.24, 2.45) is 5.92 Å². The summed E-state index contributed by atoms with van der Waals surface area (Å²) in [5.41, 5.74) is 0.990. The molecule has 2 aromatic rings. The van der Waals surface area contributed by atoms with Crippen LogP contribution in [0.25, 0.3) is 11.2 Å². The van der Waals surface area contributed by atoms with Crippen molar-refractivity contribution >= 4 is 17.0 Å². The Morgan fingerprint density at radius 1 is 1.41 bits per heavy atom. The average molecular weight is 237 g/mol. The van der Waals surface area contributed by atoms with E-state index >= 15 is 0 Å². The van der Waals surface area contributed by atoms with Crippen LogP contribution in [-0.4, -0.2) is 26.0 Å². The Morgan fingerprint density at radius 3 is 2.82 bits per heavy atom. The van der Waals surface area contributed by atoms with Crippen LogP contribution in [0.1, 0.15) is 27.2 Å². The van der Waals surface area contributed by atoms with E-state index in [0.717, 1.165) is 6.42 Å². The van der Waals surface area contributed by atoms with E-state index in [1.807, 2.05) is 0 Å². The van der Waals surface area contributed by atoms with Crippen molar-refractivity contribution in [1.29, 1.82) is 0 Å². The Morgan fingerprint density at radius 2 is 2.18 bits per heavy atom. The molecule has 0 fully saturated rings. The van der Waals surface area contributed by atoms with Crippen molar-refractivity contribution in [2.45, 2.75) is 33.2 Å². The highest BCUT2D eigenvalue weighted by molar-refractivity contribution is 5.82. The summed E-state index contributed by atoms with van der Waals surface area (Å²) in [5.74, 6) is 0.890. The Hall–Kier alpha value is -1.72. The number of hydrogen-bond acceptors (Lipinski definition) is 4. The highest BCUT2D eigenvalue weighted by atomic mass is 19.1. The van der Waals surface area contributed by atoms with E-state index in [1.54, 1.807) is 0 Å². The largest absolute Gasteiger partial charge is 0.365 e. The molecule has 1 atom stereocenters. The number of halogens is 1. The maximum Gasteiger partial charge on any atom is 0.312 e. The lowest BCUT2D eigenvalue weighted by Gasteiger charge is -2.21. The van der Waals surface area contributed by atoms with E-state index in [1.165, 1.54) is 6.33 Å². The van der Waals surface area contributed by atoms with E-state index in [-0.39, 0.29) is 6.04 Å². The van der Waals surface area contributed by atoms with Crippen molar-refractivity contribution in [1.82, 2.24) is 19.9 Å². The molecule has 0 amide bonds. The second-order valence-corrected chi connectivity index (χ2v) is 4.34. The highest BCUT2D eigenvalue weighted by Gasteiger charge is 2.15. The third kappa shape index (κ3) is 2.35. The van der Waals surface area contributed by atoms with Gasteiger partial charge in [0.15, 0.2) is 11.5 Å². The van der Waals surface area contributed by atoms with Crippen molar-refractivity contribution in [2.75, 3.05) is 5.32 Å². The van der Waals surface area contributed by atoms with Crippen LogP contribution in [0.15, 0.2) is 6.33 Å². The van der Waals surface area contributed by atoms with E-state index in [4.69, 9.17) is 0 Å². The zero-order chi connectivity index (χ0) is 12.4. The molecule has 0 aliphatic rings. The molecule has 6 heteroatoms. The van der Waals surface area contributed by atoms with Crippen LogP contribution in [-0.2, 0) is 0 Å². The molecule has 0 saturated heterocycles. The van der Waals surface area contributed by atoms with Crippen LogP contribution in [0.4, 0.5) is 10.2 Å². The molecule has 0 unspecified atom stereocenters. The van der Waals surface area contributed by atoms with Crippen LogP contribution < -0.4 is 5.32 Å². The van der Waals surface area contributed by atoms with Gasteiger partial charge in [-0.2, -0.15) is 14.4 Å². The van der Waals surface area contributed by atoms with E-state index < -0.39 is 6.08 Å². The quantitative estimate of drug-likeness (QED) is 0.801. The summed E-state index contributed by atoms with van der Waals surface area (Å²) in [6.07, 6.45) is 1.68. The minimum atomic E-state index is -0.747. The number of aromatic amines is 1. The standard InChI is InChI=1S/C11H16FN5/c1-4-7(6(2)3)15-10-8-9(14-5-13-8)16-11(12)17-10/h5-7H,4H2,1-3H3,(H2,13,14,15,16,17)/t7-/m0/s1. The van der Waals surface area contributed by atoms with Crippen molar-refractivity contribution in [3.8, 4) is 0 Å². The van der Waals surface area contributed by atoms with Gasteiger partial charge in [-0.15, -0.1) is 0 Å². The molecule has 92 valence electrons. The molecule has 2 heterocycles. The van der Waals surface area contributed by atoms with Gasteiger partial charge in [-0.1, -0.05) is 20.8 Å². The molecule has 0 radical (unpaired) electrons. The van der Waals surface area contributed by atoms with Gasteiger partial charge in [-0.05, 0) is 12.3 Å². The number of rotatable bonds is 4. The van der Waals surface area contributed by atoms with Gasteiger partial charge in [-0.25, -0.2) is 4.98 Å². The van der Waals surface area contributed by atoms with Gasteiger partial charge < -0.3 is 10.3 Å². The van der Waals surface area contributed by atoms with Crippen LogP contribution in [0.3, 0.4) is 0 Å². The van der Waals surface area contributed by atoms with E-state index in [9.17, 15) is 4.39 Å². The van der Waals surface area contributed by atoms with Crippen LogP contribution >= 0.6 is 0 Å². The first-order valence-corrected chi connectivity index (χ1v) is 5.75. The summed E-state index contributed by atoms with van der Waals surface area (Å²) in [6, 6.07) is 0.240. The second-order valence-electron chi connectivity index (χ2n) is 4.34. The SMILES string of the molecule is CC[C@H](Nc1nc(F)nc2[nH]cnc12)C(C)C. The summed E-state index contributed by atoms with van der Waals surface area (Å²) in [7, 11) is 0. The normalized spacial score (nSPS) is 13.2. The predicted octanol–water partition coefficient (Wildman–Crippen LogP) is 2.34. The molecule has 17 heavy (non-hydrogen) atoms. The third-order valence-corrected chi connectivity index (χ3v) is 2.82. The number of anilines is 1. The molecular formula is C11H16FN5. The molecular weight excluding hydrogens is 221 g/mol. The minimum Gasteiger partial charge on any atom is -0.365 e. The predicted molar refractivity (Wildman–Crippen MR) is 64.2 cm³/mol. The molecule has 2 rings (SSSR count). The first-order chi connectivity index (χ1) is 8.11. The van der Waals surface area contributed by atoms with Gasteiger partial charge in [-0.3, -0.25) is 0 Å². The van der Waals surface area contributed by atoms with Gasteiger partial charge >= 0.3 is 6.08 Å². The summed E-state index contributed by atoms with van der Waals surface area (Å²) in [5, 5.41) is 3.22. The zero-order valence-electron chi connectivity index (χ0n) is 10.2. The van der Waals surface area contributed by atoms with Gasteiger partial charge in [0.1, 0.15) is 5.52 Å². The zero-order valence-corrected chi connectivity index (χ0v) is 10.2. The first-order valence-electron chi connectivity index (χ1n) is 5.75. The van der Waals surface area contributed by atoms with Crippen LogP contribution in [0.5, 0.6) is 0 Å². The first kappa shape index (κ1) is 11.8. The molecule has 2 N–H and O–H groups in total. The maximum absolute atomic E-state index is 13.2. The number of hydrogen-bond donors (Lipinski definition) is 2. The molecule has 0 aromatic carbocycles. The van der Waals surface area contributed by atoms with Crippen LogP contribution in [0.2, 0.25) is 0 Å². The van der Waals surface area contributed by atoms with Gasteiger partial charge in [0.25, 0.3) is 0 Å². The lowest BCUT2D eigenvalue weighted by molar-refractivity contribution is 0.504. The van der Waals surface area contributed by atoms with Gasteiger partial charge in [0.2, 0.25) is 0 Å². The molecule has 0 aliphatic carbocycles. The van der Waals surface area contributed by atoms with Gasteiger partial charge in [0, 0.05) is 6.04 Å². The smallest absolute Gasteiger partial charge is 0.312 e. The lowest BCUT2D eigenvalue weighted by Crippen LogP contribution is -2.25. The minimum absolute atomic E-state index is 0.240. The molecule has 0 aliphatic heterocycles. The van der Waals surface area contributed by atoms with Crippen molar-refractivity contribution in [3.05, 3.63) is 12.4 Å². The lowest BCUT2D eigenvalue weighted by atomic mass is 10.0. The summed E-state index contributed by atoms with van der Waals surface area (Å²) in [6.45, 7) is 6.30. The van der Waals surface area contributed by atoms with Gasteiger partial charge in [0.05, 0.1) is 6.33 Å². The Kier molecular flexibility index (Phi) is 3.21. The molecule has 0 spiro atoms.